The number of ether oxygens (including phenoxy) is 2. The average Bonchev–Trinajstić information content (AvgIpc) is 2.77. The van der Waals surface area contributed by atoms with Crippen LogP contribution in [0.4, 0.5) is 18.9 Å². The molecule has 3 aromatic carbocycles. The molecule has 5 rings (SSSR count). The molecule has 0 saturated carbocycles. The first-order chi connectivity index (χ1) is 15.9. The Labute approximate surface area is 195 Å². The van der Waals surface area contributed by atoms with Gasteiger partial charge >= 0.3 is 6.18 Å². The number of allylic oxidation sites excluding steroid dienone is 1. The summed E-state index contributed by atoms with van der Waals surface area (Å²) in [7, 11) is 1.54. The van der Waals surface area contributed by atoms with Crippen molar-refractivity contribution in [2.45, 2.75) is 38.3 Å². The van der Waals surface area contributed by atoms with Gasteiger partial charge in [-0.25, -0.2) is 0 Å². The predicted molar refractivity (Wildman–Crippen MR) is 125 cm³/mol. The minimum absolute atomic E-state index is 0.0110. The highest BCUT2D eigenvalue weighted by Gasteiger charge is 2.46. The van der Waals surface area contributed by atoms with Crippen LogP contribution in [0, 0.1) is 0 Å². The highest BCUT2D eigenvalue weighted by atomic mass is 19.4. The average molecular weight is 467 g/mol. The number of methoxy groups -OCH3 is 1. The number of anilines is 1. The third-order valence-corrected chi connectivity index (χ3v) is 6.29. The van der Waals surface area contributed by atoms with Crippen LogP contribution in [0.3, 0.4) is 0 Å². The van der Waals surface area contributed by atoms with Crippen LogP contribution in [-0.2, 0) is 12.0 Å². The summed E-state index contributed by atoms with van der Waals surface area (Å²) in [6.45, 7) is 5.96. The fraction of sp³-hybridized carbons (Fsp3) is 0.259. The molecular formula is C27H24F3NO3. The van der Waals surface area contributed by atoms with Gasteiger partial charge in [0.1, 0.15) is 11.5 Å². The van der Waals surface area contributed by atoms with E-state index in [9.17, 15) is 18.3 Å². The van der Waals surface area contributed by atoms with Gasteiger partial charge in [0.25, 0.3) is 5.79 Å². The summed E-state index contributed by atoms with van der Waals surface area (Å²) >= 11 is 0. The van der Waals surface area contributed by atoms with Crippen molar-refractivity contribution in [1.82, 2.24) is 0 Å². The Morgan fingerprint density at radius 3 is 2.44 bits per heavy atom. The molecule has 1 atom stereocenters. The number of rotatable bonds is 2. The van der Waals surface area contributed by atoms with Crippen molar-refractivity contribution in [1.29, 1.82) is 0 Å². The molecule has 4 nitrogen and oxygen atoms in total. The molecule has 0 aliphatic carbocycles. The van der Waals surface area contributed by atoms with Crippen LogP contribution in [0.2, 0.25) is 0 Å². The molecule has 0 radical (unpaired) electrons. The molecule has 0 bridgehead atoms. The summed E-state index contributed by atoms with van der Waals surface area (Å²) < 4.78 is 52.4. The normalized spacial score (nSPS) is 20.2. The van der Waals surface area contributed by atoms with Crippen LogP contribution >= 0.6 is 0 Å². The zero-order valence-electron chi connectivity index (χ0n) is 19.2. The second-order valence-electron chi connectivity index (χ2n) is 9.24. The molecule has 7 heteroatoms. The second-order valence-corrected chi connectivity index (χ2v) is 9.24. The van der Waals surface area contributed by atoms with Crippen LogP contribution in [-0.4, -0.2) is 17.8 Å². The largest absolute Gasteiger partial charge is 0.496 e. The van der Waals surface area contributed by atoms with E-state index in [0.29, 0.717) is 33.8 Å². The van der Waals surface area contributed by atoms with Crippen molar-refractivity contribution >= 4 is 11.3 Å². The molecule has 2 aliphatic rings. The summed E-state index contributed by atoms with van der Waals surface area (Å²) in [6, 6.07) is 13.6. The van der Waals surface area contributed by atoms with Crippen LogP contribution in [0.25, 0.3) is 16.7 Å². The van der Waals surface area contributed by atoms with E-state index in [0.717, 1.165) is 23.4 Å². The third kappa shape index (κ3) is 3.34. The fourth-order valence-corrected chi connectivity index (χ4v) is 5.02. The molecule has 0 amide bonds. The first-order valence-electron chi connectivity index (χ1n) is 10.9. The van der Waals surface area contributed by atoms with Gasteiger partial charge in [-0.3, -0.25) is 0 Å². The predicted octanol–water partition coefficient (Wildman–Crippen LogP) is 6.57. The Hall–Kier alpha value is -3.45. The maximum Gasteiger partial charge on any atom is 0.416 e. The Bertz CT molecular complexity index is 1340. The molecule has 0 aromatic heterocycles. The molecule has 34 heavy (non-hydrogen) atoms. The van der Waals surface area contributed by atoms with Gasteiger partial charge in [-0.1, -0.05) is 30.3 Å². The zero-order chi connectivity index (χ0) is 24.5. The number of hydrogen-bond acceptors (Lipinski definition) is 4. The molecule has 176 valence electrons. The summed E-state index contributed by atoms with van der Waals surface area (Å²) in [6.07, 6.45) is -2.54. The Kier molecular flexibility index (Phi) is 4.78. The lowest BCUT2D eigenvalue weighted by molar-refractivity contribution is -0.138. The molecule has 3 aromatic rings. The molecule has 0 spiro atoms. The van der Waals surface area contributed by atoms with Crippen molar-refractivity contribution < 1.29 is 27.8 Å². The highest BCUT2D eigenvalue weighted by Crippen LogP contribution is 2.55. The quantitative estimate of drug-likeness (QED) is 0.447. The van der Waals surface area contributed by atoms with Gasteiger partial charge in [0, 0.05) is 27.9 Å². The highest BCUT2D eigenvalue weighted by molar-refractivity contribution is 5.92. The van der Waals surface area contributed by atoms with E-state index in [1.54, 1.807) is 18.2 Å². The Morgan fingerprint density at radius 1 is 1.00 bits per heavy atom. The summed E-state index contributed by atoms with van der Waals surface area (Å²) in [5.74, 6) is -1.31. The topological polar surface area (TPSA) is 50.7 Å². The van der Waals surface area contributed by atoms with Crippen LogP contribution in [0.1, 0.15) is 43.0 Å². The molecule has 2 N–H and O–H groups in total. The van der Waals surface area contributed by atoms with Crippen molar-refractivity contribution in [3.05, 3.63) is 82.9 Å². The Balaban J connectivity index is 1.86. The lowest BCUT2D eigenvalue weighted by Gasteiger charge is -2.41. The number of fused-ring (bicyclic) bond motifs is 5. The van der Waals surface area contributed by atoms with E-state index in [4.69, 9.17) is 9.47 Å². The number of alkyl halides is 3. The van der Waals surface area contributed by atoms with Crippen LogP contribution in [0.5, 0.6) is 11.5 Å². The first-order valence-corrected chi connectivity index (χ1v) is 10.9. The van der Waals surface area contributed by atoms with E-state index in [1.165, 1.54) is 19.2 Å². The van der Waals surface area contributed by atoms with E-state index in [1.807, 2.05) is 39.0 Å². The summed E-state index contributed by atoms with van der Waals surface area (Å²) in [5.41, 5.74) is 2.75. The van der Waals surface area contributed by atoms with E-state index in [-0.39, 0.29) is 11.1 Å². The molecule has 1 unspecified atom stereocenters. The first kappa shape index (κ1) is 22.3. The number of hydrogen-bond donors (Lipinski definition) is 2. The van der Waals surface area contributed by atoms with Gasteiger partial charge in [-0.15, -0.1) is 0 Å². The maximum atomic E-state index is 13.6. The SMILES string of the molecule is COc1cccc2c1-c1ccc3c(c1C(O)(c1cccc(C(F)(F)F)c1)O2)C(C)=CC(C)(C)N3. The minimum Gasteiger partial charge on any atom is -0.496 e. The van der Waals surface area contributed by atoms with E-state index >= 15 is 0 Å². The minimum atomic E-state index is -4.57. The summed E-state index contributed by atoms with van der Waals surface area (Å²) in [4.78, 5) is 0. The van der Waals surface area contributed by atoms with Crippen molar-refractivity contribution in [2.24, 2.45) is 0 Å². The van der Waals surface area contributed by atoms with Crippen molar-refractivity contribution in [2.75, 3.05) is 12.4 Å². The van der Waals surface area contributed by atoms with E-state index < -0.39 is 17.5 Å². The summed E-state index contributed by atoms with van der Waals surface area (Å²) in [5, 5.41) is 15.6. The Morgan fingerprint density at radius 2 is 1.74 bits per heavy atom. The number of nitrogens with one attached hydrogen (secondary N) is 1. The molecule has 0 fully saturated rings. The number of halogens is 3. The molecule has 0 saturated heterocycles. The molecular weight excluding hydrogens is 443 g/mol. The molecule has 2 aliphatic heterocycles. The lowest BCUT2D eigenvalue weighted by Crippen LogP contribution is -2.40. The van der Waals surface area contributed by atoms with Gasteiger partial charge in [0.05, 0.1) is 23.8 Å². The number of benzene rings is 3. The van der Waals surface area contributed by atoms with Crippen LogP contribution < -0.4 is 14.8 Å². The second kappa shape index (κ2) is 7.27. The van der Waals surface area contributed by atoms with Gasteiger partial charge in [0.15, 0.2) is 0 Å². The van der Waals surface area contributed by atoms with Gasteiger partial charge < -0.3 is 19.9 Å². The van der Waals surface area contributed by atoms with Crippen molar-refractivity contribution in [3.8, 4) is 22.6 Å². The van der Waals surface area contributed by atoms with Gasteiger partial charge in [-0.05, 0) is 56.7 Å². The molecule has 2 heterocycles. The maximum absolute atomic E-state index is 13.6. The number of aliphatic hydroxyl groups is 1. The van der Waals surface area contributed by atoms with Gasteiger partial charge in [-0.2, -0.15) is 13.2 Å². The standard InChI is InChI=1S/C27H24F3NO3/c1-15-14-25(2,3)31-19-12-11-18-23-20(33-4)9-6-10-21(23)34-26(32,24(18)22(15)19)16-7-5-8-17(13-16)27(28,29)30/h5-14,31-32H,1-4H3. The smallest absolute Gasteiger partial charge is 0.416 e. The fourth-order valence-electron chi connectivity index (χ4n) is 5.02. The zero-order valence-corrected chi connectivity index (χ0v) is 19.2. The third-order valence-electron chi connectivity index (χ3n) is 6.29. The van der Waals surface area contributed by atoms with E-state index in [2.05, 4.69) is 5.32 Å². The van der Waals surface area contributed by atoms with Crippen molar-refractivity contribution in [3.63, 3.8) is 0 Å². The monoisotopic (exact) mass is 467 g/mol. The van der Waals surface area contributed by atoms with Gasteiger partial charge in [0.2, 0.25) is 0 Å². The lowest BCUT2D eigenvalue weighted by atomic mass is 9.78. The van der Waals surface area contributed by atoms with Crippen LogP contribution in [0.15, 0.2) is 60.7 Å².